The summed E-state index contributed by atoms with van der Waals surface area (Å²) in [6.07, 6.45) is 3.39. The molecule has 0 aromatic carbocycles. The average molecular weight is 298 g/mol. The fraction of sp³-hybridized carbons (Fsp3) is 0.417. The van der Waals surface area contributed by atoms with Gasteiger partial charge in [0.1, 0.15) is 5.54 Å². The average Bonchev–Trinajstić information content (AvgIpc) is 2.97. The summed E-state index contributed by atoms with van der Waals surface area (Å²) in [7, 11) is 0. The summed E-state index contributed by atoms with van der Waals surface area (Å²) in [5.41, 5.74) is -0.410. The predicted octanol–water partition coefficient (Wildman–Crippen LogP) is 1.54. The fourth-order valence-electron chi connectivity index (χ4n) is 1.78. The summed E-state index contributed by atoms with van der Waals surface area (Å²) in [6.45, 7) is 1.89. The van der Waals surface area contributed by atoms with Gasteiger partial charge in [0, 0.05) is 17.2 Å². The van der Waals surface area contributed by atoms with Crippen LogP contribution in [-0.4, -0.2) is 39.0 Å². The molecular formula is C12H14N2O3S2. The number of nitrogens with one attached hydrogen (secondary N) is 1. The maximum Gasteiger partial charge on any atom is 0.330 e. The van der Waals surface area contributed by atoms with Gasteiger partial charge in [-0.3, -0.25) is 4.79 Å². The van der Waals surface area contributed by atoms with E-state index in [1.54, 1.807) is 6.08 Å². The highest BCUT2D eigenvalue weighted by molar-refractivity contribution is 7.99. The number of nitrogens with zero attached hydrogens (tertiary/aromatic N) is 1. The van der Waals surface area contributed by atoms with Crippen molar-refractivity contribution >= 4 is 41.1 Å². The summed E-state index contributed by atoms with van der Waals surface area (Å²) in [5, 5.41) is 14.6. The largest absolute Gasteiger partial charge is 0.479 e. The second kappa shape index (κ2) is 5.75. The Morgan fingerprint density at radius 3 is 2.89 bits per heavy atom. The Bertz CT molecular complexity index is 519. The normalized spacial score (nSPS) is 22.8. The third-order valence-corrected chi connectivity index (χ3v) is 4.82. The van der Waals surface area contributed by atoms with E-state index >= 15 is 0 Å². The minimum absolute atomic E-state index is 0.393. The van der Waals surface area contributed by atoms with Gasteiger partial charge in [-0.05, 0) is 25.2 Å². The van der Waals surface area contributed by atoms with Crippen molar-refractivity contribution in [1.82, 2.24) is 10.3 Å². The van der Waals surface area contributed by atoms with Gasteiger partial charge in [0.2, 0.25) is 5.91 Å². The highest BCUT2D eigenvalue weighted by Gasteiger charge is 2.42. The van der Waals surface area contributed by atoms with Crippen LogP contribution in [0.3, 0.4) is 0 Å². The number of carbonyl (C=O) groups is 2. The number of carboxylic acid groups (broad SMARTS) is 1. The third-order valence-electron chi connectivity index (χ3n) is 2.84. The highest BCUT2D eigenvalue weighted by atomic mass is 32.2. The molecule has 2 heterocycles. The standard InChI is InChI=1S/C12H14N2O3S2/c1-8-13-9(6-19-8)2-3-10(15)14-12(11(16)17)4-5-18-7-12/h2-3,6H,4-5,7H2,1H3,(H,14,15)(H,16,17). The van der Waals surface area contributed by atoms with E-state index in [0.717, 1.165) is 10.8 Å². The summed E-state index contributed by atoms with van der Waals surface area (Å²) >= 11 is 3.04. The molecule has 102 valence electrons. The molecule has 0 radical (unpaired) electrons. The molecule has 1 aromatic heterocycles. The quantitative estimate of drug-likeness (QED) is 0.824. The summed E-state index contributed by atoms with van der Waals surface area (Å²) in [6, 6.07) is 0. The predicted molar refractivity (Wildman–Crippen MR) is 76.3 cm³/mol. The molecule has 1 aromatic rings. The minimum atomic E-state index is -1.12. The molecule has 0 aliphatic carbocycles. The summed E-state index contributed by atoms with van der Waals surface area (Å²) < 4.78 is 0. The summed E-state index contributed by atoms with van der Waals surface area (Å²) in [5.74, 6) is -0.196. The Morgan fingerprint density at radius 2 is 2.37 bits per heavy atom. The van der Waals surface area contributed by atoms with Crippen LogP contribution in [0.2, 0.25) is 0 Å². The number of thiazole rings is 1. The summed E-state index contributed by atoms with van der Waals surface area (Å²) in [4.78, 5) is 27.3. The van der Waals surface area contributed by atoms with E-state index in [0.29, 0.717) is 17.9 Å². The SMILES string of the molecule is Cc1nc(C=CC(=O)NC2(C(=O)O)CCSC2)cs1. The van der Waals surface area contributed by atoms with Gasteiger partial charge in [0.25, 0.3) is 0 Å². The molecule has 1 aliphatic rings. The molecule has 2 N–H and O–H groups in total. The number of rotatable bonds is 4. The molecule has 0 saturated carbocycles. The van der Waals surface area contributed by atoms with Crippen LogP contribution >= 0.6 is 23.1 Å². The number of aliphatic carboxylic acids is 1. The first-order chi connectivity index (χ1) is 9.02. The van der Waals surface area contributed by atoms with Crippen LogP contribution in [0.4, 0.5) is 0 Å². The number of amides is 1. The molecule has 5 nitrogen and oxygen atoms in total. The minimum Gasteiger partial charge on any atom is -0.479 e. The number of aromatic nitrogens is 1. The molecule has 1 fully saturated rings. The zero-order valence-corrected chi connectivity index (χ0v) is 12.0. The van der Waals surface area contributed by atoms with Crippen molar-refractivity contribution in [1.29, 1.82) is 0 Å². The van der Waals surface area contributed by atoms with Crippen LogP contribution in [0, 0.1) is 6.92 Å². The molecule has 0 bridgehead atoms. The van der Waals surface area contributed by atoms with Crippen LogP contribution < -0.4 is 5.32 Å². The Balaban J connectivity index is 2.00. The molecular weight excluding hydrogens is 284 g/mol. The Labute approximate surface area is 119 Å². The van der Waals surface area contributed by atoms with Crippen LogP contribution in [0.15, 0.2) is 11.5 Å². The van der Waals surface area contributed by atoms with Gasteiger partial charge in [-0.1, -0.05) is 0 Å². The first kappa shape index (κ1) is 14.1. The molecule has 2 rings (SSSR count). The van der Waals surface area contributed by atoms with Gasteiger partial charge in [-0.25, -0.2) is 9.78 Å². The van der Waals surface area contributed by atoms with Crippen LogP contribution in [0.1, 0.15) is 17.1 Å². The van der Waals surface area contributed by atoms with E-state index in [1.165, 1.54) is 29.2 Å². The van der Waals surface area contributed by atoms with Crippen LogP contribution in [-0.2, 0) is 9.59 Å². The second-order valence-corrected chi connectivity index (χ2v) is 6.47. The maximum atomic E-state index is 11.8. The zero-order chi connectivity index (χ0) is 13.9. The Hall–Kier alpha value is -1.34. The fourth-order valence-corrected chi connectivity index (χ4v) is 3.69. The second-order valence-electron chi connectivity index (χ2n) is 4.30. The Kier molecular flexibility index (Phi) is 4.26. The van der Waals surface area contributed by atoms with E-state index in [4.69, 9.17) is 0 Å². The monoisotopic (exact) mass is 298 g/mol. The number of carboxylic acids is 1. The van der Waals surface area contributed by atoms with Crippen LogP contribution in [0.5, 0.6) is 0 Å². The van der Waals surface area contributed by atoms with Crippen molar-refractivity contribution in [3.63, 3.8) is 0 Å². The van der Waals surface area contributed by atoms with E-state index in [1.807, 2.05) is 12.3 Å². The first-order valence-corrected chi connectivity index (χ1v) is 7.79. The van der Waals surface area contributed by atoms with Crippen molar-refractivity contribution in [2.24, 2.45) is 0 Å². The number of thioether (sulfide) groups is 1. The number of hydrogen-bond donors (Lipinski definition) is 2. The molecule has 1 amide bonds. The first-order valence-electron chi connectivity index (χ1n) is 5.75. The molecule has 1 unspecified atom stereocenters. The highest BCUT2D eigenvalue weighted by Crippen LogP contribution is 2.28. The number of hydrogen-bond acceptors (Lipinski definition) is 5. The van der Waals surface area contributed by atoms with Crippen molar-refractivity contribution in [2.45, 2.75) is 18.9 Å². The van der Waals surface area contributed by atoms with Gasteiger partial charge >= 0.3 is 5.97 Å². The van der Waals surface area contributed by atoms with Crippen LogP contribution in [0.25, 0.3) is 6.08 Å². The van der Waals surface area contributed by atoms with E-state index in [2.05, 4.69) is 10.3 Å². The number of carbonyl (C=O) groups excluding carboxylic acids is 1. The van der Waals surface area contributed by atoms with Gasteiger partial charge in [-0.2, -0.15) is 11.8 Å². The van der Waals surface area contributed by atoms with Gasteiger partial charge in [0.15, 0.2) is 0 Å². The lowest BCUT2D eigenvalue weighted by molar-refractivity contribution is -0.145. The molecule has 1 aliphatic heterocycles. The van der Waals surface area contributed by atoms with Crippen molar-refractivity contribution in [3.8, 4) is 0 Å². The number of aryl methyl sites for hydroxylation is 1. The third kappa shape index (κ3) is 3.36. The molecule has 7 heteroatoms. The lowest BCUT2D eigenvalue weighted by Gasteiger charge is -2.23. The van der Waals surface area contributed by atoms with Gasteiger partial charge < -0.3 is 10.4 Å². The lowest BCUT2D eigenvalue weighted by atomic mass is 9.99. The van der Waals surface area contributed by atoms with E-state index in [9.17, 15) is 14.7 Å². The molecule has 1 atom stereocenters. The maximum absolute atomic E-state index is 11.8. The topological polar surface area (TPSA) is 79.3 Å². The molecule has 0 spiro atoms. The Morgan fingerprint density at radius 1 is 1.58 bits per heavy atom. The smallest absolute Gasteiger partial charge is 0.330 e. The van der Waals surface area contributed by atoms with E-state index < -0.39 is 17.4 Å². The van der Waals surface area contributed by atoms with Crippen molar-refractivity contribution < 1.29 is 14.7 Å². The molecule has 19 heavy (non-hydrogen) atoms. The van der Waals surface area contributed by atoms with Gasteiger partial charge in [-0.15, -0.1) is 11.3 Å². The van der Waals surface area contributed by atoms with Crippen molar-refractivity contribution in [2.75, 3.05) is 11.5 Å². The zero-order valence-electron chi connectivity index (χ0n) is 10.4. The molecule has 1 saturated heterocycles. The lowest BCUT2D eigenvalue weighted by Crippen LogP contribution is -2.54. The van der Waals surface area contributed by atoms with Gasteiger partial charge in [0.05, 0.1) is 10.7 Å². The van der Waals surface area contributed by atoms with Crippen molar-refractivity contribution in [3.05, 3.63) is 22.2 Å². The van der Waals surface area contributed by atoms with E-state index in [-0.39, 0.29) is 0 Å².